The van der Waals surface area contributed by atoms with Gasteiger partial charge in [-0.15, -0.1) is 0 Å². The Labute approximate surface area is 119 Å². The van der Waals surface area contributed by atoms with Gasteiger partial charge in [0.2, 0.25) is 0 Å². The van der Waals surface area contributed by atoms with Crippen molar-refractivity contribution in [3.63, 3.8) is 0 Å². The lowest BCUT2D eigenvalue weighted by atomic mass is 10.2. The van der Waals surface area contributed by atoms with Crippen molar-refractivity contribution in [1.29, 1.82) is 0 Å². The first-order valence-electron chi connectivity index (χ1n) is 6.87. The van der Waals surface area contributed by atoms with Crippen LogP contribution in [0.5, 0.6) is 0 Å². The molecule has 6 nitrogen and oxygen atoms in total. The van der Waals surface area contributed by atoms with E-state index in [1.165, 1.54) is 0 Å². The molecule has 1 fully saturated rings. The molecule has 1 aliphatic heterocycles. The van der Waals surface area contributed by atoms with E-state index < -0.39 is 0 Å². The normalized spacial score (nSPS) is 15.4. The Bertz CT molecular complexity index is 445. The van der Waals surface area contributed by atoms with Crippen molar-refractivity contribution in [2.45, 2.75) is 13.8 Å². The molecule has 1 saturated heterocycles. The minimum Gasteiger partial charge on any atom is -0.378 e. The summed E-state index contributed by atoms with van der Waals surface area (Å²) in [5.74, 6) is 0.0451. The van der Waals surface area contributed by atoms with Gasteiger partial charge in [0.15, 0.2) is 0 Å². The monoisotopic (exact) mass is 279 g/mol. The molecule has 1 amide bonds. The van der Waals surface area contributed by atoms with E-state index >= 15 is 0 Å². The van der Waals surface area contributed by atoms with Gasteiger partial charge in [0, 0.05) is 25.0 Å². The van der Waals surface area contributed by atoms with Crippen LogP contribution in [-0.2, 0) is 9.57 Å². The van der Waals surface area contributed by atoms with Crippen molar-refractivity contribution in [2.24, 2.45) is 5.92 Å². The maximum atomic E-state index is 11.9. The summed E-state index contributed by atoms with van der Waals surface area (Å²) >= 11 is 0. The van der Waals surface area contributed by atoms with Crippen LogP contribution in [0.4, 0.5) is 5.69 Å². The van der Waals surface area contributed by atoms with Crippen molar-refractivity contribution in [3.05, 3.63) is 24.0 Å². The molecule has 1 aliphatic rings. The number of hydrogen-bond donors (Lipinski definition) is 1. The van der Waals surface area contributed by atoms with Gasteiger partial charge in [-0.1, -0.05) is 13.8 Å². The van der Waals surface area contributed by atoms with Gasteiger partial charge in [0.1, 0.15) is 5.69 Å². The molecule has 110 valence electrons. The molecule has 0 bridgehead atoms. The van der Waals surface area contributed by atoms with Crippen molar-refractivity contribution in [2.75, 3.05) is 37.8 Å². The van der Waals surface area contributed by atoms with Crippen LogP contribution in [0.1, 0.15) is 24.3 Å². The molecule has 20 heavy (non-hydrogen) atoms. The molecule has 0 aliphatic carbocycles. The highest BCUT2D eigenvalue weighted by atomic mass is 16.6. The minimum atomic E-state index is -0.319. The molecular weight excluding hydrogens is 258 g/mol. The van der Waals surface area contributed by atoms with Crippen LogP contribution in [0.3, 0.4) is 0 Å². The van der Waals surface area contributed by atoms with Gasteiger partial charge in [-0.2, -0.15) is 0 Å². The number of hydrogen-bond acceptors (Lipinski definition) is 5. The fourth-order valence-electron chi connectivity index (χ4n) is 1.89. The Morgan fingerprint density at radius 3 is 2.95 bits per heavy atom. The summed E-state index contributed by atoms with van der Waals surface area (Å²) in [4.78, 5) is 23.3. The Kier molecular flexibility index (Phi) is 5.31. The third-order valence-electron chi connectivity index (χ3n) is 2.93. The molecule has 0 saturated carbocycles. The van der Waals surface area contributed by atoms with Crippen LogP contribution in [0.15, 0.2) is 18.3 Å². The van der Waals surface area contributed by atoms with Crippen molar-refractivity contribution < 1.29 is 14.4 Å². The Morgan fingerprint density at radius 2 is 2.25 bits per heavy atom. The maximum absolute atomic E-state index is 11.9. The number of hydroxylamine groups is 1. The molecule has 6 heteroatoms. The van der Waals surface area contributed by atoms with Crippen LogP contribution in [0, 0.1) is 5.92 Å². The first-order chi connectivity index (χ1) is 9.66. The number of morpholine rings is 1. The summed E-state index contributed by atoms with van der Waals surface area (Å²) in [5, 5.41) is 0. The fourth-order valence-corrected chi connectivity index (χ4v) is 1.89. The van der Waals surface area contributed by atoms with Gasteiger partial charge in [-0.25, -0.2) is 5.48 Å². The number of carbonyl (C=O) groups is 1. The number of aromatic nitrogens is 1. The average molecular weight is 279 g/mol. The third kappa shape index (κ3) is 4.18. The average Bonchev–Trinajstić information content (AvgIpc) is 2.48. The predicted octanol–water partition coefficient (Wildman–Crippen LogP) is 1.24. The third-order valence-corrected chi connectivity index (χ3v) is 2.93. The number of amides is 1. The first kappa shape index (κ1) is 14.7. The first-order valence-corrected chi connectivity index (χ1v) is 6.87. The molecule has 1 aromatic rings. The van der Waals surface area contributed by atoms with Gasteiger partial charge in [-0.3, -0.25) is 14.6 Å². The highest BCUT2D eigenvalue weighted by Gasteiger charge is 2.14. The van der Waals surface area contributed by atoms with E-state index in [2.05, 4.69) is 15.4 Å². The molecule has 2 rings (SSSR count). The maximum Gasteiger partial charge on any atom is 0.293 e. The highest BCUT2D eigenvalue weighted by Crippen LogP contribution is 2.15. The van der Waals surface area contributed by atoms with Gasteiger partial charge in [-0.05, 0) is 18.1 Å². The summed E-state index contributed by atoms with van der Waals surface area (Å²) in [6, 6.07) is 3.68. The van der Waals surface area contributed by atoms with E-state index in [0.29, 0.717) is 31.4 Å². The number of rotatable bonds is 5. The van der Waals surface area contributed by atoms with Crippen molar-refractivity contribution in [1.82, 2.24) is 10.5 Å². The molecule has 0 radical (unpaired) electrons. The van der Waals surface area contributed by atoms with Crippen LogP contribution < -0.4 is 10.4 Å². The molecule has 0 aromatic carbocycles. The Hall–Kier alpha value is -1.66. The lowest BCUT2D eigenvalue weighted by molar-refractivity contribution is 0.0205. The topological polar surface area (TPSA) is 63.7 Å². The molecule has 2 heterocycles. The minimum absolute atomic E-state index is 0.319. The number of carbonyl (C=O) groups excluding carboxylic acids is 1. The molecular formula is C14H21N3O3. The van der Waals surface area contributed by atoms with Gasteiger partial charge in [0.25, 0.3) is 5.91 Å². The zero-order valence-corrected chi connectivity index (χ0v) is 12.0. The molecule has 1 aromatic heterocycles. The fraction of sp³-hybridized carbons (Fsp3) is 0.571. The Balaban J connectivity index is 1.96. The van der Waals surface area contributed by atoms with E-state index in [-0.39, 0.29) is 5.91 Å². The number of nitrogens with zero attached hydrogens (tertiary/aromatic N) is 2. The van der Waals surface area contributed by atoms with Crippen molar-refractivity contribution >= 4 is 11.6 Å². The second-order valence-electron chi connectivity index (χ2n) is 5.13. The zero-order chi connectivity index (χ0) is 14.4. The van der Waals surface area contributed by atoms with Crippen LogP contribution >= 0.6 is 0 Å². The second-order valence-corrected chi connectivity index (χ2v) is 5.13. The van der Waals surface area contributed by atoms with E-state index in [0.717, 1.165) is 18.8 Å². The SMILES string of the molecule is CC(C)CONC(=O)c1cc(N2CCOCC2)ccn1. The largest absolute Gasteiger partial charge is 0.378 e. The Morgan fingerprint density at radius 1 is 1.50 bits per heavy atom. The van der Waals surface area contributed by atoms with Crippen LogP contribution in [-0.4, -0.2) is 43.8 Å². The number of anilines is 1. The molecule has 0 atom stereocenters. The molecule has 0 spiro atoms. The van der Waals surface area contributed by atoms with Gasteiger partial charge >= 0.3 is 0 Å². The van der Waals surface area contributed by atoms with E-state index in [4.69, 9.17) is 9.57 Å². The highest BCUT2D eigenvalue weighted by molar-refractivity contribution is 5.92. The van der Waals surface area contributed by atoms with Crippen LogP contribution in [0.25, 0.3) is 0 Å². The summed E-state index contributed by atoms with van der Waals surface area (Å²) in [5.41, 5.74) is 3.76. The lowest BCUT2D eigenvalue weighted by Crippen LogP contribution is -2.36. The quantitative estimate of drug-likeness (QED) is 0.821. The predicted molar refractivity (Wildman–Crippen MR) is 75.5 cm³/mol. The standard InChI is InChI=1S/C14H21N3O3/c1-11(2)10-20-16-14(18)13-9-12(3-4-15-13)17-5-7-19-8-6-17/h3-4,9,11H,5-8,10H2,1-2H3,(H,16,18). The van der Waals surface area contributed by atoms with Gasteiger partial charge in [0.05, 0.1) is 19.8 Å². The lowest BCUT2D eigenvalue weighted by Gasteiger charge is -2.28. The van der Waals surface area contributed by atoms with E-state index in [1.807, 2.05) is 19.9 Å². The number of ether oxygens (including phenoxy) is 1. The zero-order valence-electron chi connectivity index (χ0n) is 12.0. The second kappa shape index (κ2) is 7.21. The van der Waals surface area contributed by atoms with E-state index in [9.17, 15) is 4.79 Å². The molecule has 1 N–H and O–H groups in total. The summed E-state index contributed by atoms with van der Waals surface area (Å²) in [6.07, 6.45) is 1.64. The molecule has 0 unspecified atom stereocenters. The summed E-state index contributed by atoms with van der Waals surface area (Å²) in [7, 11) is 0. The summed E-state index contributed by atoms with van der Waals surface area (Å²) in [6.45, 7) is 7.59. The smallest absolute Gasteiger partial charge is 0.293 e. The van der Waals surface area contributed by atoms with E-state index in [1.54, 1.807) is 12.3 Å². The number of nitrogens with one attached hydrogen (secondary N) is 1. The number of pyridine rings is 1. The van der Waals surface area contributed by atoms with Gasteiger partial charge < -0.3 is 9.64 Å². The van der Waals surface area contributed by atoms with Crippen molar-refractivity contribution in [3.8, 4) is 0 Å². The summed E-state index contributed by atoms with van der Waals surface area (Å²) < 4.78 is 5.32. The van der Waals surface area contributed by atoms with Crippen LogP contribution in [0.2, 0.25) is 0 Å².